The molecule has 0 aliphatic rings. The summed E-state index contributed by atoms with van der Waals surface area (Å²) < 4.78 is 6.74. The summed E-state index contributed by atoms with van der Waals surface area (Å²) in [6.45, 7) is 3.85. The fourth-order valence-electron chi connectivity index (χ4n) is 3.22. The third-order valence-electron chi connectivity index (χ3n) is 4.76. The minimum atomic E-state index is -0.333. The Kier molecular flexibility index (Phi) is 5.25. The van der Waals surface area contributed by atoms with Crippen molar-refractivity contribution in [1.29, 1.82) is 0 Å². The van der Waals surface area contributed by atoms with E-state index in [2.05, 4.69) is 25.7 Å². The molecule has 4 aromatic rings. The van der Waals surface area contributed by atoms with Gasteiger partial charge in [0.2, 0.25) is 5.91 Å². The predicted molar refractivity (Wildman–Crippen MR) is 110 cm³/mol. The van der Waals surface area contributed by atoms with Crippen LogP contribution in [0.4, 0.5) is 11.4 Å². The van der Waals surface area contributed by atoms with E-state index in [1.807, 2.05) is 13.8 Å². The van der Waals surface area contributed by atoms with Gasteiger partial charge in [0.15, 0.2) is 5.76 Å². The van der Waals surface area contributed by atoms with E-state index < -0.39 is 0 Å². The Balaban J connectivity index is 1.35. The maximum absolute atomic E-state index is 12.4. The quantitative estimate of drug-likeness (QED) is 0.510. The molecule has 2 N–H and O–H groups in total. The monoisotopic (exact) mass is 404 g/mol. The molecule has 3 aromatic heterocycles. The van der Waals surface area contributed by atoms with E-state index in [0.717, 1.165) is 17.0 Å². The Hall–Kier alpha value is -4.01. The van der Waals surface area contributed by atoms with Gasteiger partial charge in [-0.15, -0.1) is 0 Å². The van der Waals surface area contributed by atoms with Gasteiger partial charge < -0.3 is 15.1 Å². The van der Waals surface area contributed by atoms with Crippen LogP contribution >= 0.6 is 0 Å². The average molecular weight is 404 g/mol. The maximum atomic E-state index is 12.4. The molecule has 0 fully saturated rings. The lowest BCUT2D eigenvalue weighted by atomic mass is 10.1. The van der Waals surface area contributed by atoms with Crippen LogP contribution in [0.5, 0.6) is 0 Å². The second kappa shape index (κ2) is 8.16. The van der Waals surface area contributed by atoms with Crippen LogP contribution in [0, 0.1) is 13.8 Å². The summed E-state index contributed by atoms with van der Waals surface area (Å²) in [7, 11) is 0. The highest BCUT2D eigenvalue weighted by Gasteiger charge is 2.13. The molecule has 152 valence electrons. The summed E-state index contributed by atoms with van der Waals surface area (Å²) in [5, 5.41) is 9.76. The summed E-state index contributed by atoms with van der Waals surface area (Å²) >= 11 is 0. The van der Waals surface area contributed by atoms with Gasteiger partial charge in [-0.1, -0.05) is 0 Å². The number of hydrogen-bond acceptors (Lipinski definition) is 6. The largest absolute Gasteiger partial charge is 0.459 e. The van der Waals surface area contributed by atoms with Gasteiger partial charge in [-0.2, -0.15) is 10.1 Å². The third kappa shape index (κ3) is 4.04. The molecule has 9 nitrogen and oxygen atoms in total. The normalized spacial score (nSPS) is 10.9. The third-order valence-corrected chi connectivity index (χ3v) is 4.76. The number of fused-ring (bicyclic) bond motifs is 1. The number of amides is 2. The number of nitrogens with zero attached hydrogens (tertiary/aromatic N) is 4. The van der Waals surface area contributed by atoms with Crippen molar-refractivity contribution in [2.45, 2.75) is 26.7 Å². The lowest BCUT2D eigenvalue weighted by molar-refractivity contribution is -0.116. The Morgan fingerprint density at radius 3 is 2.50 bits per heavy atom. The van der Waals surface area contributed by atoms with Crippen molar-refractivity contribution in [1.82, 2.24) is 19.6 Å². The SMILES string of the molecule is Cc1nc2ncnn2c(C)c1CCC(=O)Nc1ccc(NC(=O)c2ccco2)cc1. The van der Waals surface area contributed by atoms with Gasteiger partial charge in [0, 0.05) is 29.2 Å². The van der Waals surface area contributed by atoms with Gasteiger partial charge in [-0.25, -0.2) is 9.50 Å². The van der Waals surface area contributed by atoms with Gasteiger partial charge in [0.05, 0.1) is 6.26 Å². The molecular formula is C21H20N6O3. The van der Waals surface area contributed by atoms with Gasteiger partial charge in [-0.3, -0.25) is 9.59 Å². The molecule has 3 heterocycles. The number of aryl methyl sites for hydroxylation is 2. The van der Waals surface area contributed by atoms with E-state index in [-0.39, 0.29) is 17.6 Å². The molecule has 0 aliphatic carbocycles. The van der Waals surface area contributed by atoms with Gasteiger partial charge in [-0.05, 0) is 62.2 Å². The molecule has 0 atom stereocenters. The summed E-state index contributed by atoms with van der Waals surface area (Å²) in [6, 6.07) is 10.1. The molecule has 0 bridgehead atoms. The topological polar surface area (TPSA) is 114 Å². The summed E-state index contributed by atoms with van der Waals surface area (Å²) in [5.41, 5.74) is 4.01. The highest BCUT2D eigenvalue weighted by molar-refractivity contribution is 6.02. The Morgan fingerprint density at radius 1 is 1.07 bits per heavy atom. The van der Waals surface area contributed by atoms with E-state index in [1.54, 1.807) is 40.9 Å². The number of benzene rings is 1. The zero-order chi connectivity index (χ0) is 21.1. The van der Waals surface area contributed by atoms with E-state index in [0.29, 0.717) is 30.0 Å². The fraction of sp³-hybridized carbons (Fsp3) is 0.190. The lowest BCUT2D eigenvalue weighted by Gasteiger charge is -2.11. The molecule has 0 spiro atoms. The van der Waals surface area contributed by atoms with Crippen molar-refractivity contribution in [3.8, 4) is 0 Å². The highest BCUT2D eigenvalue weighted by Crippen LogP contribution is 2.17. The van der Waals surface area contributed by atoms with Crippen LogP contribution in [0.15, 0.2) is 53.4 Å². The second-order valence-electron chi connectivity index (χ2n) is 6.79. The minimum absolute atomic E-state index is 0.111. The van der Waals surface area contributed by atoms with Crippen LogP contribution in [0.2, 0.25) is 0 Å². The molecule has 0 aliphatic heterocycles. The van der Waals surface area contributed by atoms with Gasteiger partial charge in [0.1, 0.15) is 6.33 Å². The summed E-state index contributed by atoms with van der Waals surface area (Å²) in [4.78, 5) is 32.9. The number of anilines is 2. The van der Waals surface area contributed by atoms with Crippen LogP contribution in [0.1, 0.15) is 33.9 Å². The molecular weight excluding hydrogens is 384 g/mol. The molecule has 9 heteroatoms. The van der Waals surface area contributed by atoms with Crippen molar-refractivity contribution < 1.29 is 14.0 Å². The van der Waals surface area contributed by atoms with Gasteiger partial charge >= 0.3 is 0 Å². The Morgan fingerprint density at radius 2 is 1.80 bits per heavy atom. The Bertz CT molecular complexity index is 1200. The molecule has 0 unspecified atom stereocenters. The van der Waals surface area contributed by atoms with Crippen molar-refractivity contribution in [2.75, 3.05) is 10.6 Å². The first-order valence-electron chi connectivity index (χ1n) is 9.42. The average Bonchev–Trinajstić information content (AvgIpc) is 3.41. The van der Waals surface area contributed by atoms with Crippen LogP contribution < -0.4 is 10.6 Å². The van der Waals surface area contributed by atoms with Crippen LogP contribution in [-0.2, 0) is 11.2 Å². The van der Waals surface area contributed by atoms with E-state index in [1.165, 1.54) is 12.6 Å². The zero-order valence-corrected chi connectivity index (χ0v) is 16.5. The maximum Gasteiger partial charge on any atom is 0.291 e. The first kappa shape index (κ1) is 19.3. The predicted octanol–water partition coefficient (Wildman–Crippen LogP) is 3.16. The number of aromatic nitrogens is 4. The smallest absolute Gasteiger partial charge is 0.291 e. The van der Waals surface area contributed by atoms with E-state index >= 15 is 0 Å². The molecule has 4 rings (SSSR count). The van der Waals surface area contributed by atoms with Crippen molar-refractivity contribution in [2.24, 2.45) is 0 Å². The lowest BCUT2D eigenvalue weighted by Crippen LogP contribution is -2.14. The number of carbonyl (C=O) groups is 2. The number of carbonyl (C=O) groups excluding carboxylic acids is 2. The molecule has 2 amide bonds. The van der Waals surface area contributed by atoms with Crippen LogP contribution in [-0.4, -0.2) is 31.4 Å². The molecule has 0 saturated heterocycles. The van der Waals surface area contributed by atoms with Crippen molar-refractivity contribution in [3.63, 3.8) is 0 Å². The van der Waals surface area contributed by atoms with Crippen LogP contribution in [0.25, 0.3) is 5.78 Å². The molecule has 1 aromatic carbocycles. The van der Waals surface area contributed by atoms with Crippen molar-refractivity contribution >= 4 is 29.0 Å². The fourth-order valence-corrected chi connectivity index (χ4v) is 3.22. The number of rotatable bonds is 6. The second-order valence-corrected chi connectivity index (χ2v) is 6.79. The minimum Gasteiger partial charge on any atom is -0.459 e. The molecule has 0 radical (unpaired) electrons. The Labute approximate surface area is 172 Å². The van der Waals surface area contributed by atoms with E-state index in [9.17, 15) is 9.59 Å². The van der Waals surface area contributed by atoms with Gasteiger partial charge in [0.25, 0.3) is 11.7 Å². The summed E-state index contributed by atoms with van der Waals surface area (Å²) in [5.74, 6) is 0.342. The number of nitrogens with one attached hydrogen (secondary N) is 2. The number of hydrogen-bond donors (Lipinski definition) is 2. The highest BCUT2D eigenvalue weighted by atomic mass is 16.3. The first-order valence-corrected chi connectivity index (χ1v) is 9.42. The van der Waals surface area contributed by atoms with Crippen molar-refractivity contribution in [3.05, 3.63) is 71.7 Å². The first-order chi connectivity index (χ1) is 14.5. The number of furan rings is 1. The van der Waals surface area contributed by atoms with Crippen LogP contribution in [0.3, 0.4) is 0 Å². The standard InChI is InChI=1S/C21H20N6O3/c1-13-17(14(2)27-21(24-13)22-12-23-27)9-10-19(28)25-15-5-7-16(8-6-15)26-20(29)18-4-3-11-30-18/h3-8,11-12H,9-10H2,1-2H3,(H,25,28)(H,26,29). The summed E-state index contributed by atoms with van der Waals surface area (Å²) in [6.07, 6.45) is 3.76. The zero-order valence-electron chi connectivity index (χ0n) is 16.5. The molecule has 30 heavy (non-hydrogen) atoms. The van der Waals surface area contributed by atoms with E-state index in [4.69, 9.17) is 4.42 Å². The molecule has 0 saturated carbocycles.